The first kappa shape index (κ1) is 13.3. The Kier molecular flexibility index (Phi) is 3.83. The predicted molar refractivity (Wildman–Crippen MR) is 80.0 cm³/mol. The molecule has 1 N–H and O–H groups in total. The molecule has 0 saturated heterocycles. The highest BCUT2D eigenvalue weighted by Gasteiger charge is 2.20. The van der Waals surface area contributed by atoms with E-state index in [0.717, 1.165) is 42.5 Å². The van der Waals surface area contributed by atoms with Crippen molar-refractivity contribution in [1.29, 1.82) is 0 Å². The normalized spacial score (nSPS) is 14.7. The molecular formula is C16H22N4. The molecule has 0 amide bonds. The van der Waals surface area contributed by atoms with Crippen LogP contribution in [0.1, 0.15) is 43.0 Å². The van der Waals surface area contributed by atoms with E-state index in [1.165, 1.54) is 18.4 Å². The fraction of sp³-hybridized carbons (Fsp3) is 0.500. The highest BCUT2D eigenvalue weighted by molar-refractivity contribution is 5.31. The lowest BCUT2D eigenvalue weighted by molar-refractivity contribution is 0.683. The Hall–Kier alpha value is -1.68. The van der Waals surface area contributed by atoms with Crippen molar-refractivity contribution < 1.29 is 0 Å². The topological polar surface area (TPSA) is 42.7 Å². The minimum absolute atomic E-state index is 0.730. The van der Waals surface area contributed by atoms with Crippen molar-refractivity contribution in [2.45, 2.75) is 52.1 Å². The highest BCUT2D eigenvalue weighted by Crippen LogP contribution is 2.20. The van der Waals surface area contributed by atoms with Crippen LogP contribution in [0.15, 0.2) is 24.5 Å². The number of hydrogen-bond donors (Lipinski definition) is 1. The minimum Gasteiger partial charge on any atom is -0.310 e. The summed E-state index contributed by atoms with van der Waals surface area (Å²) in [6.45, 7) is 5.17. The van der Waals surface area contributed by atoms with E-state index < -0.39 is 0 Å². The van der Waals surface area contributed by atoms with Crippen LogP contribution < -0.4 is 5.32 Å². The van der Waals surface area contributed by atoms with Crippen LogP contribution in [-0.4, -0.2) is 20.8 Å². The van der Waals surface area contributed by atoms with Crippen molar-refractivity contribution in [2.24, 2.45) is 0 Å². The van der Waals surface area contributed by atoms with Crippen molar-refractivity contribution in [3.8, 4) is 5.82 Å². The zero-order chi connectivity index (χ0) is 13.9. The van der Waals surface area contributed by atoms with Crippen LogP contribution in [0.3, 0.4) is 0 Å². The van der Waals surface area contributed by atoms with Gasteiger partial charge in [-0.05, 0) is 49.4 Å². The van der Waals surface area contributed by atoms with Gasteiger partial charge in [0.2, 0.25) is 0 Å². The van der Waals surface area contributed by atoms with E-state index in [4.69, 9.17) is 4.98 Å². The van der Waals surface area contributed by atoms with Gasteiger partial charge < -0.3 is 5.32 Å². The van der Waals surface area contributed by atoms with Gasteiger partial charge in [0.1, 0.15) is 0 Å². The molecule has 3 rings (SSSR count). The lowest BCUT2D eigenvalue weighted by Crippen LogP contribution is -2.16. The van der Waals surface area contributed by atoms with Gasteiger partial charge in [-0.25, -0.2) is 9.67 Å². The first-order valence-electron chi connectivity index (χ1n) is 7.49. The van der Waals surface area contributed by atoms with Crippen LogP contribution in [0.2, 0.25) is 0 Å². The maximum atomic E-state index is 4.72. The van der Waals surface area contributed by atoms with Crippen LogP contribution in [0.5, 0.6) is 0 Å². The summed E-state index contributed by atoms with van der Waals surface area (Å²) in [4.78, 5) is 4.72. The smallest absolute Gasteiger partial charge is 0.153 e. The third-order valence-electron chi connectivity index (χ3n) is 3.55. The van der Waals surface area contributed by atoms with Crippen LogP contribution in [-0.2, 0) is 13.0 Å². The van der Waals surface area contributed by atoms with Gasteiger partial charge in [0.25, 0.3) is 0 Å². The monoisotopic (exact) mass is 270 g/mol. The number of aromatic nitrogens is 3. The molecule has 0 aromatic carbocycles. The zero-order valence-electron chi connectivity index (χ0n) is 12.3. The van der Waals surface area contributed by atoms with E-state index in [9.17, 15) is 0 Å². The zero-order valence-corrected chi connectivity index (χ0v) is 12.3. The molecule has 0 bridgehead atoms. The van der Waals surface area contributed by atoms with Crippen molar-refractivity contribution in [2.75, 3.05) is 0 Å². The van der Waals surface area contributed by atoms with E-state index >= 15 is 0 Å². The van der Waals surface area contributed by atoms with E-state index in [1.807, 2.05) is 17.1 Å². The summed E-state index contributed by atoms with van der Waals surface area (Å²) in [6, 6.07) is 5.09. The quantitative estimate of drug-likeness (QED) is 0.877. The van der Waals surface area contributed by atoms with E-state index in [1.54, 1.807) is 0 Å². The van der Waals surface area contributed by atoms with Crippen molar-refractivity contribution in [3.05, 3.63) is 41.3 Å². The standard InChI is InChI=1S/C16H22N4/c1-3-4-15-7-13(10-17-14-5-6-14)8-16(19-15)20-11-12(2)9-18-20/h7-9,11,14,17H,3-6,10H2,1-2H3. The first-order chi connectivity index (χ1) is 9.74. The summed E-state index contributed by atoms with van der Waals surface area (Å²) in [7, 11) is 0. The molecule has 0 radical (unpaired) electrons. The molecule has 0 unspecified atom stereocenters. The molecule has 4 nitrogen and oxygen atoms in total. The SMILES string of the molecule is CCCc1cc(CNC2CC2)cc(-n2cc(C)cn2)n1. The molecule has 1 aliphatic carbocycles. The van der Waals surface area contributed by atoms with Gasteiger partial charge in [-0.2, -0.15) is 5.10 Å². The Balaban J connectivity index is 1.86. The fourth-order valence-electron chi connectivity index (χ4n) is 2.32. The number of aryl methyl sites for hydroxylation is 2. The third kappa shape index (κ3) is 3.25. The van der Waals surface area contributed by atoms with Crippen LogP contribution in [0.4, 0.5) is 0 Å². The lowest BCUT2D eigenvalue weighted by atomic mass is 10.1. The molecule has 2 aromatic heterocycles. The number of nitrogens with zero attached hydrogens (tertiary/aromatic N) is 3. The van der Waals surface area contributed by atoms with E-state index in [-0.39, 0.29) is 0 Å². The second kappa shape index (κ2) is 5.75. The summed E-state index contributed by atoms with van der Waals surface area (Å²) in [5.41, 5.74) is 3.62. The molecule has 1 fully saturated rings. The molecule has 106 valence electrons. The number of nitrogens with one attached hydrogen (secondary N) is 1. The molecule has 20 heavy (non-hydrogen) atoms. The van der Waals surface area contributed by atoms with Gasteiger partial charge in [-0.1, -0.05) is 13.3 Å². The molecule has 0 atom stereocenters. The van der Waals surface area contributed by atoms with Gasteiger partial charge in [0, 0.05) is 24.5 Å². The van der Waals surface area contributed by atoms with Crippen molar-refractivity contribution in [1.82, 2.24) is 20.1 Å². The Labute approximate surface area is 120 Å². The second-order valence-electron chi connectivity index (χ2n) is 5.69. The van der Waals surface area contributed by atoms with Crippen LogP contribution in [0, 0.1) is 6.92 Å². The summed E-state index contributed by atoms with van der Waals surface area (Å²) in [5.74, 6) is 0.927. The van der Waals surface area contributed by atoms with Crippen molar-refractivity contribution >= 4 is 0 Å². The predicted octanol–water partition coefficient (Wildman–Crippen LogP) is 2.78. The van der Waals surface area contributed by atoms with Crippen molar-refractivity contribution in [3.63, 3.8) is 0 Å². The fourth-order valence-corrected chi connectivity index (χ4v) is 2.32. The van der Waals surface area contributed by atoms with Gasteiger partial charge in [0.05, 0.1) is 6.20 Å². The Morgan fingerprint density at radius 3 is 2.85 bits per heavy atom. The van der Waals surface area contributed by atoms with E-state index in [2.05, 4.69) is 36.4 Å². The maximum Gasteiger partial charge on any atom is 0.153 e. The Morgan fingerprint density at radius 2 is 2.20 bits per heavy atom. The van der Waals surface area contributed by atoms with Gasteiger partial charge in [-0.3, -0.25) is 0 Å². The molecular weight excluding hydrogens is 248 g/mol. The summed E-state index contributed by atoms with van der Waals surface area (Å²) in [6.07, 6.45) is 8.66. The average molecular weight is 270 g/mol. The Bertz CT molecular complexity index is 584. The average Bonchev–Trinajstić information content (AvgIpc) is 3.17. The van der Waals surface area contributed by atoms with Crippen LogP contribution in [0.25, 0.3) is 5.82 Å². The minimum atomic E-state index is 0.730. The maximum absolute atomic E-state index is 4.72. The van der Waals surface area contributed by atoms with Gasteiger partial charge in [0.15, 0.2) is 5.82 Å². The third-order valence-corrected chi connectivity index (χ3v) is 3.55. The number of pyridine rings is 1. The second-order valence-corrected chi connectivity index (χ2v) is 5.69. The summed E-state index contributed by atoms with van der Waals surface area (Å²) in [5, 5.41) is 7.94. The highest BCUT2D eigenvalue weighted by atomic mass is 15.3. The lowest BCUT2D eigenvalue weighted by Gasteiger charge is -2.09. The molecule has 1 saturated carbocycles. The number of rotatable bonds is 6. The van der Waals surface area contributed by atoms with E-state index in [0.29, 0.717) is 0 Å². The van der Waals surface area contributed by atoms with Crippen LogP contribution >= 0.6 is 0 Å². The number of hydrogen-bond acceptors (Lipinski definition) is 3. The summed E-state index contributed by atoms with van der Waals surface area (Å²) < 4.78 is 1.87. The summed E-state index contributed by atoms with van der Waals surface area (Å²) >= 11 is 0. The first-order valence-corrected chi connectivity index (χ1v) is 7.49. The van der Waals surface area contributed by atoms with Gasteiger partial charge in [-0.15, -0.1) is 0 Å². The molecule has 0 spiro atoms. The molecule has 2 aromatic rings. The molecule has 4 heteroatoms. The van der Waals surface area contributed by atoms with Gasteiger partial charge >= 0.3 is 0 Å². The molecule has 0 aliphatic heterocycles. The largest absolute Gasteiger partial charge is 0.310 e. The molecule has 2 heterocycles. The Morgan fingerprint density at radius 1 is 1.35 bits per heavy atom. The molecule has 1 aliphatic rings.